The normalized spacial score (nSPS) is 16.8. The van der Waals surface area contributed by atoms with Crippen LogP contribution in [-0.2, 0) is 21.7 Å². The van der Waals surface area contributed by atoms with Gasteiger partial charge in [-0.1, -0.05) is 17.7 Å². The number of nitrogens with one attached hydrogen (secondary N) is 1. The van der Waals surface area contributed by atoms with Crippen LogP contribution < -0.4 is 5.32 Å². The third-order valence-electron chi connectivity index (χ3n) is 4.26. The molecule has 10 heteroatoms. The van der Waals surface area contributed by atoms with E-state index < -0.39 is 29.9 Å². The van der Waals surface area contributed by atoms with Gasteiger partial charge in [-0.2, -0.15) is 13.2 Å². The lowest BCUT2D eigenvalue weighted by atomic mass is 10.0. The molecule has 3 nitrogen and oxygen atoms in total. The number of rotatable bonds is 4. The maximum atomic E-state index is 13.4. The Hall–Kier alpha value is -1.84. The van der Waals surface area contributed by atoms with Crippen molar-refractivity contribution < 1.29 is 31.5 Å². The number of ether oxygens (including phenoxy) is 1. The number of carbonyl (C=O) groups excluding carboxylic acids is 1. The van der Waals surface area contributed by atoms with Gasteiger partial charge in [0.15, 0.2) is 0 Å². The Balaban J connectivity index is 1.89. The van der Waals surface area contributed by atoms with E-state index in [9.17, 15) is 26.7 Å². The van der Waals surface area contributed by atoms with E-state index in [1.54, 1.807) is 0 Å². The standard InChI is InChI=1S/C19H15ClF5NO2S/c20-15-2-1-13-14(3-4-26-8-16(13)28-18(27)19(23,24)25)17(15)29-9-10-5-11(21)7-12(22)6-10/h1-2,5-7,16,26H,3-4,8-9H2. The molecule has 0 spiro atoms. The van der Waals surface area contributed by atoms with Gasteiger partial charge < -0.3 is 10.1 Å². The van der Waals surface area contributed by atoms with Gasteiger partial charge in [0.05, 0.1) is 5.02 Å². The lowest BCUT2D eigenvalue weighted by Gasteiger charge is -2.21. The van der Waals surface area contributed by atoms with Crippen LogP contribution in [0.5, 0.6) is 0 Å². The Morgan fingerprint density at radius 3 is 2.55 bits per heavy atom. The molecule has 0 amide bonds. The van der Waals surface area contributed by atoms with E-state index in [0.29, 0.717) is 39.6 Å². The fourth-order valence-electron chi connectivity index (χ4n) is 3.04. The van der Waals surface area contributed by atoms with Crippen LogP contribution in [0.4, 0.5) is 22.0 Å². The highest BCUT2D eigenvalue weighted by molar-refractivity contribution is 7.98. The first-order chi connectivity index (χ1) is 13.6. The second kappa shape index (κ2) is 8.89. The topological polar surface area (TPSA) is 38.3 Å². The van der Waals surface area contributed by atoms with E-state index in [1.165, 1.54) is 36.0 Å². The third kappa shape index (κ3) is 5.40. The predicted octanol–water partition coefficient (Wildman–Crippen LogP) is 5.20. The summed E-state index contributed by atoms with van der Waals surface area (Å²) in [4.78, 5) is 11.9. The lowest BCUT2D eigenvalue weighted by molar-refractivity contribution is -0.205. The van der Waals surface area contributed by atoms with Gasteiger partial charge >= 0.3 is 12.1 Å². The molecule has 29 heavy (non-hydrogen) atoms. The Labute approximate surface area is 172 Å². The smallest absolute Gasteiger partial charge is 0.449 e. The first kappa shape index (κ1) is 21.9. The zero-order valence-electron chi connectivity index (χ0n) is 14.8. The first-order valence-corrected chi connectivity index (χ1v) is 9.89. The molecule has 0 aliphatic carbocycles. The van der Waals surface area contributed by atoms with E-state index in [4.69, 9.17) is 11.6 Å². The molecule has 0 aromatic heterocycles. The van der Waals surface area contributed by atoms with Crippen LogP contribution in [0, 0.1) is 11.6 Å². The van der Waals surface area contributed by atoms with Gasteiger partial charge in [-0.3, -0.25) is 0 Å². The number of halogens is 6. The van der Waals surface area contributed by atoms with Crippen LogP contribution in [0.1, 0.15) is 22.8 Å². The molecule has 1 aliphatic heterocycles. The number of benzene rings is 2. The summed E-state index contributed by atoms with van der Waals surface area (Å²) in [6.45, 7) is 0.464. The number of esters is 1. The molecule has 1 heterocycles. The Morgan fingerprint density at radius 2 is 1.90 bits per heavy atom. The fourth-order valence-corrected chi connectivity index (χ4v) is 4.46. The average molecular weight is 452 g/mol. The molecular formula is C19H15ClF5NO2S. The SMILES string of the molecule is O=C(OC1CNCCc2c1ccc(Cl)c2SCc1cc(F)cc(F)c1)C(F)(F)F. The summed E-state index contributed by atoms with van der Waals surface area (Å²) in [5.74, 6) is -3.48. The van der Waals surface area contributed by atoms with E-state index in [0.717, 1.165) is 6.07 Å². The molecule has 1 N–H and O–H groups in total. The quantitative estimate of drug-likeness (QED) is 0.394. The van der Waals surface area contributed by atoms with Gasteiger partial charge in [-0.05, 0) is 47.9 Å². The minimum Gasteiger partial charge on any atom is -0.449 e. The largest absolute Gasteiger partial charge is 0.490 e. The van der Waals surface area contributed by atoms with E-state index in [-0.39, 0.29) is 12.3 Å². The van der Waals surface area contributed by atoms with Gasteiger partial charge in [-0.15, -0.1) is 11.8 Å². The van der Waals surface area contributed by atoms with Crippen LogP contribution >= 0.6 is 23.4 Å². The minimum absolute atomic E-state index is 0.0235. The predicted molar refractivity (Wildman–Crippen MR) is 98.8 cm³/mol. The van der Waals surface area contributed by atoms with Crippen LogP contribution in [0.25, 0.3) is 0 Å². The summed E-state index contributed by atoms with van der Waals surface area (Å²) in [6, 6.07) is 6.20. The molecule has 2 aromatic carbocycles. The Bertz CT molecular complexity index is 902. The van der Waals surface area contributed by atoms with Gasteiger partial charge in [-0.25, -0.2) is 13.6 Å². The van der Waals surface area contributed by atoms with Crippen molar-refractivity contribution >= 4 is 29.3 Å². The number of carbonyl (C=O) groups is 1. The monoisotopic (exact) mass is 451 g/mol. The summed E-state index contributed by atoms with van der Waals surface area (Å²) in [5, 5.41) is 3.30. The summed E-state index contributed by atoms with van der Waals surface area (Å²) in [7, 11) is 0. The summed E-state index contributed by atoms with van der Waals surface area (Å²) in [6.07, 6.45) is -5.79. The second-order valence-electron chi connectivity index (χ2n) is 6.36. The highest BCUT2D eigenvalue weighted by atomic mass is 35.5. The molecule has 156 valence electrons. The van der Waals surface area contributed by atoms with E-state index in [2.05, 4.69) is 10.1 Å². The molecule has 3 rings (SSSR count). The molecule has 1 atom stereocenters. The number of alkyl halides is 3. The van der Waals surface area contributed by atoms with Crippen molar-refractivity contribution in [2.24, 2.45) is 0 Å². The molecular weight excluding hydrogens is 437 g/mol. The van der Waals surface area contributed by atoms with Crippen LogP contribution in [0.2, 0.25) is 5.02 Å². The maximum absolute atomic E-state index is 13.4. The van der Waals surface area contributed by atoms with Crippen molar-refractivity contribution in [1.82, 2.24) is 5.32 Å². The molecule has 2 aromatic rings. The lowest BCUT2D eigenvalue weighted by Crippen LogP contribution is -2.30. The first-order valence-electron chi connectivity index (χ1n) is 8.52. The number of hydrogen-bond donors (Lipinski definition) is 1. The van der Waals surface area contributed by atoms with Crippen molar-refractivity contribution in [1.29, 1.82) is 0 Å². The Kier molecular flexibility index (Phi) is 6.70. The summed E-state index contributed by atoms with van der Waals surface area (Å²) in [5.41, 5.74) is 1.46. The second-order valence-corrected chi connectivity index (χ2v) is 7.75. The van der Waals surface area contributed by atoms with Gasteiger partial charge in [0, 0.05) is 23.3 Å². The molecule has 0 saturated heterocycles. The number of fused-ring (bicyclic) bond motifs is 1. The molecule has 0 fully saturated rings. The zero-order chi connectivity index (χ0) is 21.2. The van der Waals surface area contributed by atoms with Gasteiger partial charge in [0.25, 0.3) is 0 Å². The van der Waals surface area contributed by atoms with Crippen molar-refractivity contribution in [3.8, 4) is 0 Å². The maximum Gasteiger partial charge on any atom is 0.490 e. The minimum atomic E-state index is -5.10. The summed E-state index contributed by atoms with van der Waals surface area (Å²) >= 11 is 7.50. The van der Waals surface area contributed by atoms with Crippen molar-refractivity contribution in [2.75, 3.05) is 13.1 Å². The van der Waals surface area contributed by atoms with Crippen molar-refractivity contribution in [3.63, 3.8) is 0 Å². The molecule has 1 unspecified atom stereocenters. The van der Waals surface area contributed by atoms with Crippen LogP contribution in [0.3, 0.4) is 0 Å². The highest BCUT2D eigenvalue weighted by Gasteiger charge is 2.43. The van der Waals surface area contributed by atoms with E-state index >= 15 is 0 Å². The Morgan fingerprint density at radius 1 is 1.21 bits per heavy atom. The van der Waals surface area contributed by atoms with Crippen LogP contribution in [-0.4, -0.2) is 25.2 Å². The van der Waals surface area contributed by atoms with Gasteiger partial charge in [0.2, 0.25) is 0 Å². The summed E-state index contributed by atoms with van der Waals surface area (Å²) < 4.78 is 69.3. The van der Waals surface area contributed by atoms with Gasteiger partial charge in [0.1, 0.15) is 17.7 Å². The van der Waals surface area contributed by atoms with Crippen molar-refractivity contribution in [3.05, 3.63) is 63.7 Å². The fraction of sp³-hybridized carbons (Fsp3) is 0.316. The third-order valence-corrected chi connectivity index (χ3v) is 5.92. The van der Waals surface area contributed by atoms with Crippen LogP contribution in [0.15, 0.2) is 35.2 Å². The van der Waals surface area contributed by atoms with E-state index in [1.807, 2.05) is 0 Å². The average Bonchev–Trinajstić information content (AvgIpc) is 2.81. The highest BCUT2D eigenvalue weighted by Crippen LogP contribution is 2.39. The number of thioether (sulfide) groups is 1. The molecule has 0 saturated carbocycles. The molecule has 0 radical (unpaired) electrons. The molecule has 1 aliphatic rings. The molecule has 0 bridgehead atoms. The van der Waals surface area contributed by atoms with Crippen molar-refractivity contribution in [2.45, 2.75) is 29.3 Å². The number of hydrogen-bond acceptors (Lipinski definition) is 4. The zero-order valence-corrected chi connectivity index (χ0v) is 16.4.